The molecule has 19 heavy (non-hydrogen) atoms. The zero-order chi connectivity index (χ0) is 14.0. The first-order valence-corrected chi connectivity index (χ1v) is 7.12. The van der Waals surface area contributed by atoms with E-state index >= 15 is 0 Å². The summed E-state index contributed by atoms with van der Waals surface area (Å²) in [7, 11) is 0. The van der Waals surface area contributed by atoms with Gasteiger partial charge in [0.25, 0.3) is 0 Å². The molecule has 2 rings (SSSR count). The van der Waals surface area contributed by atoms with Gasteiger partial charge in [0.05, 0.1) is 0 Å². The topological polar surface area (TPSA) is 0 Å². The maximum absolute atomic E-state index is 13.6. The Morgan fingerprint density at radius 1 is 1.11 bits per heavy atom. The minimum Gasteiger partial charge on any atom is -0.207 e. The molecule has 0 radical (unpaired) electrons. The summed E-state index contributed by atoms with van der Waals surface area (Å²) in [6.07, 6.45) is 0.210. The van der Waals surface area contributed by atoms with Gasteiger partial charge < -0.3 is 0 Å². The number of aryl methyl sites for hydroxylation is 1. The van der Waals surface area contributed by atoms with Crippen molar-refractivity contribution in [2.45, 2.75) is 18.2 Å². The highest BCUT2D eigenvalue weighted by Crippen LogP contribution is 2.34. The Labute approximate surface area is 124 Å². The van der Waals surface area contributed by atoms with Crippen LogP contribution in [0.4, 0.5) is 8.78 Å². The van der Waals surface area contributed by atoms with E-state index in [1.165, 1.54) is 18.2 Å². The van der Waals surface area contributed by atoms with Crippen LogP contribution in [0.2, 0.25) is 5.02 Å². The van der Waals surface area contributed by atoms with Gasteiger partial charge in [-0.3, -0.25) is 0 Å². The lowest BCUT2D eigenvalue weighted by atomic mass is 10.0. The minimum atomic E-state index is -0.534. The Balaban J connectivity index is 2.31. The Bertz CT molecular complexity index is 578. The van der Waals surface area contributed by atoms with Crippen LogP contribution in [-0.2, 0) is 6.42 Å². The second-order valence-electron chi connectivity index (χ2n) is 4.35. The summed E-state index contributed by atoms with van der Waals surface area (Å²) in [6, 6.07) is 9.51. The van der Waals surface area contributed by atoms with Crippen LogP contribution in [0.5, 0.6) is 0 Å². The van der Waals surface area contributed by atoms with E-state index in [4.69, 9.17) is 11.6 Å². The number of alkyl halides is 1. The molecule has 2 aromatic rings. The van der Waals surface area contributed by atoms with Gasteiger partial charge in [0.1, 0.15) is 11.6 Å². The molecule has 0 fully saturated rings. The first-order chi connectivity index (χ1) is 9.00. The van der Waals surface area contributed by atoms with Crippen molar-refractivity contribution in [3.8, 4) is 0 Å². The molecule has 0 saturated carbocycles. The Kier molecular flexibility index (Phi) is 4.58. The largest absolute Gasteiger partial charge is 0.207 e. The Morgan fingerprint density at radius 2 is 1.68 bits per heavy atom. The van der Waals surface area contributed by atoms with E-state index in [0.29, 0.717) is 5.02 Å². The fourth-order valence-electron chi connectivity index (χ4n) is 1.93. The van der Waals surface area contributed by atoms with Gasteiger partial charge >= 0.3 is 0 Å². The molecular formula is C15H12BrClF2. The van der Waals surface area contributed by atoms with Gasteiger partial charge in [-0.2, -0.15) is 0 Å². The van der Waals surface area contributed by atoms with Gasteiger partial charge in [-0.15, -0.1) is 0 Å². The van der Waals surface area contributed by atoms with Gasteiger partial charge in [-0.25, -0.2) is 8.78 Å². The molecule has 0 nitrogen and oxygen atoms in total. The van der Waals surface area contributed by atoms with Gasteiger partial charge in [0.15, 0.2) is 0 Å². The molecule has 2 aromatic carbocycles. The molecule has 1 unspecified atom stereocenters. The third-order valence-electron chi connectivity index (χ3n) is 3.00. The van der Waals surface area contributed by atoms with Crippen molar-refractivity contribution in [2.75, 3.05) is 0 Å². The normalized spacial score (nSPS) is 12.5. The molecule has 0 aliphatic rings. The molecule has 0 N–H and O–H groups in total. The molecule has 0 aromatic heterocycles. The molecule has 0 bridgehead atoms. The predicted octanol–water partition coefficient (Wildman–Crippen LogP) is 5.61. The average molecular weight is 346 g/mol. The molecule has 0 heterocycles. The van der Waals surface area contributed by atoms with Crippen molar-refractivity contribution < 1.29 is 8.78 Å². The van der Waals surface area contributed by atoms with Crippen molar-refractivity contribution in [3.63, 3.8) is 0 Å². The summed E-state index contributed by atoms with van der Waals surface area (Å²) >= 11 is 9.67. The maximum Gasteiger partial charge on any atom is 0.129 e. The number of hydrogen-bond donors (Lipinski definition) is 0. The summed E-state index contributed by atoms with van der Waals surface area (Å²) in [5.41, 5.74) is 1.85. The standard InChI is InChI=1S/C15H12BrClF2/c1-9-4-2-5-10(15(9)17)12(16)8-11-13(18)6-3-7-14(11)19/h2-7,12H,8H2,1H3. The number of halogens is 4. The zero-order valence-corrected chi connectivity index (χ0v) is 12.6. The highest BCUT2D eigenvalue weighted by atomic mass is 79.9. The quantitative estimate of drug-likeness (QED) is 0.635. The molecule has 4 heteroatoms. The SMILES string of the molecule is Cc1cccc(C(Br)Cc2c(F)cccc2F)c1Cl. The average Bonchev–Trinajstić information content (AvgIpc) is 2.37. The maximum atomic E-state index is 13.6. The monoisotopic (exact) mass is 344 g/mol. The number of rotatable bonds is 3. The lowest BCUT2D eigenvalue weighted by Gasteiger charge is -2.14. The minimum absolute atomic E-state index is 0.0712. The van der Waals surface area contributed by atoms with Gasteiger partial charge in [-0.05, 0) is 36.6 Å². The van der Waals surface area contributed by atoms with E-state index in [-0.39, 0.29) is 16.8 Å². The van der Waals surface area contributed by atoms with E-state index in [1.807, 2.05) is 25.1 Å². The van der Waals surface area contributed by atoms with Gasteiger partial charge in [0, 0.05) is 15.4 Å². The van der Waals surface area contributed by atoms with Crippen molar-refractivity contribution in [1.82, 2.24) is 0 Å². The molecule has 100 valence electrons. The van der Waals surface area contributed by atoms with Crippen LogP contribution in [0.25, 0.3) is 0 Å². The molecular weight excluding hydrogens is 334 g/mol. The molecule has 0 amide bonds. The third kappa shape index (κ3) is 3.15. The second-order valence-corrected chi connectivity index (χ2v) is 5.83. The second kappa shape index (κ2) is 6.02. The van der Waals surface area contributed by atoms with Crippen molar-refractivity contribution in [1.29, 1.82) is 0 Å². The van der Waals surface area contributed by atoms with Crippen LogP contribution < -0.4 is 0 Å². The number of hydrogen-bond acceptors (Lipinski definition) is 0. The van der Waals surface area contributed by atoms with Crippen molar-refractivity contribution in [2.24, 2.45) is 0 Å². The lowest BCUT2D eigenvalue weighted by Crippen LogP contribution is -2.02. The van der Waals surface area contributed by atoms with Crippen molar-refractivity contribution >= 4 is 27.5 Å². The van der Waals surface area contributed by atoms with Crippen molar-refractivity contribution in [3.05, 3.63) is 69.7 Å². The highest BCUT2D eigenvalue weighted by Gasteiger charge is 2.17. The molecule has 0 spiro atoms. The van der Waals surface area contributed by atoms with E-state index in [2.05, 4.69) is 15.9 Å². The Morgan fingerprint density at radius 3 is 2.32 bits per heavy atom. The highest BCUT2D eigenvalue weighted by molar-refractivity contribution is 9.09. The fourth-order valence-corrected chi connectivity index (χ4v) is 3.02. The van der Waals surface area contributed by atoms with E-state index in [1.54, 1.807) is 0 Å². The molecule has 1 atom stereocenters. The lowest BCUT2D eigenvalue weighted by molar-refractivity contribution is 0.554. The first kappa shape index (κ1) is 14.5. The third-order valence-corrected chi connectivity index (χ3v) is 4.34. The number of benzene rings is 2. The van der Waals surface area contributed by atoms with E-state index < -0.39 is 11.6 Å². The first-order valence-electron chi connectivity index (χ1n) is 5.82. The van der Waals surface area contributed by atoms with Gasteiger partial charge in [0.2, 0.25) is 0 Å². The predicted molar refractivity (Wildman–Crippen MR) is 77.9 cm³/mol. The van der Waals surface area contributed by atoms with Crippen LogP contribution in [0.3, 0.4) is 0 Å². The molecule has 0 saturated heterocycles. The summed E-state index contributed by atoms with van der Waals surface area (Å²) < 4.78 is 27.2. The summed E-state index contributed by atoms with van der Waals surface area (Å²) in [5.74, 6) is -1.07. The summed E-state index contributed by atoms with van der Waals surface area (Å²) in [5, 5.41) is 0.626. The smallest absolute Gasteiger partial charge is 0.129 e. The fraction of sp³-hybridized carbons (Fsp3) is 0.200. The molecule has 0 aliphatic carbocycles. The summed E-state index contributed by atoms with van der Waals surface area (Å²) in [4.78, 5) is -0.230. The van der Waals surface area contributed by atoms with Crippen LogP contribution in [-0.4, -0.2) is 0 Å². The summed E-state index contributed by atoms with van der Waals surface area (Å²) in [6.45, 7) is 1.90. The van der Waals surface area contributed by atoms with Crippen LogP contribution >= 0.6 is 27.5 Å². The van der Waals surface area contributed by atoms with Gasteiger partial charge in [-0.1, -0.05) is 51.8 Å². The van der Waals surface area contributed by atoms with Crippen LogP contribution in [0, 0.1) is 18.6 Å². The Hall–Kier alpha value is -0.930. The van der Waals surface area contributed by atoms with Crippen LogP contribution in [0.15, 0.2) is 36.4 Å². The van der Waals surface area contributed by atoms with Crippen LogP contribution in [0.1, 0.15) is 21.5 Å². The molecule has 0 aliphatic heterocycles. The van der Waals surface area contributed by atoms with E-state index in [0.717, 1.165) is 11.1 Å². The van der Waals surface area contributed by atoms with E-state index in [9.17, 15) is 8.78 Å². The zero-order valence-electron chi connectivity index (χ0n) is 10.3.